The third-order valence-electron chi connectivity index (χ3n) is 3.52. The smallest absolute Gasteiger partial charge is 0.313 e. The Hall–Kier alpha value is -0.620. The SMILES string of the molecule is COC(=O)[C@@]12CCS(=O)(=O)C[C@@H]1CNC2. The highest BCUT2D eigenvalue weighted by atomic mass is 32.2. The van der Waals surface area contributed by atoms with Gasteiger partial charge in [0.1, 0.15) is 0 Å². The van der Waals surface area contributed by atoms with Gasteiger partial charge in [0.05, 0.1) is 24.0 Å². The first-order valence-corrected chi connectivity index (χ1v) is 6.82. The number of fused-ring (bicyclic) bond motifs is 1. The molecule has 1 N–H and O–H groups in total. The van der Waals surface area contributed by atoms with E-state index in [1.165, 1.54) is 7.11 Å². The van der Waals surface area contributed by atoms with E-state index in [9.17, 15) is 13.2 Å². The van der Waals surface area contributed by atoms with Crippen LogP contribution in [0.25, 0.3) is 0 Å². The first kappa shape index (κ1) is 10.9. The largest absolute Gasteiger partial charge is 0.469 e. The monoisotopic (exact) mass is 233 g/mol. The van der Waals surface area contributed by atoms with Crippen LogP contribution in [0.4, 0.5) is 0 Å². The molecule has 0 aliphatic carbocycles. The molecule has 2 aliphatic rings. The Labute approximate surface area is 89.1 Å². The van der Waals surface area contributed by atoms with E-state index in [2.05, 4.69) is 5.32 Å². The van der Waals surface area contributed by atoms with E-state index in [1.807, 2.05) is 0 Å². The lowest BCUT2D eigenvalue weighted by Gasteiger charge is -2.35. The van der Waals surface area contributed by atoms with Gasteiger partial charge < -0.3 is 10.1 Å². The van der Waals surface area contributed by atoms with Crippen molar-refractivity contribution in [2.75, 3.05) is 31.7 Å². The van der Waals surface area contributed by atoms with Gasteiger partial charge in [-0.05, 0) is 6.42 Å². The van der Waals surface area contributed by atoms with Gasteiger partial charge in [-0.2, -0.15) is 0 Å². The molecule has 0 bridgehead atoms. The number of sulfone groups is 1. The summed E-state index contributed by atoms with van der Waals surface area (Å²) in [5, 5.41) is 3.09. The van der Waals surface area contributed by atoms with Crippen molar-refractivity contribution in [3.05, 3.63) is 0 Å². The van der Waals surface area contributed by atoms with Crippen LogP contribution in [0.2, 0.25) is 0 Å². The minimum Gasteiger partial charge on any atom is -0.469 e. The van der Waals surface area contributed by atoms with Gasteiger partial charge >= 0.3 is 5.97 Å². The number of carbonyl (C=O) groups excluding carboxylic acids is 1. The maximum atomic E-state index is 11.7. The first-order valence-electron chi connectivity index (χ1n) is 5.00. The van der Waals surface area contributed by atoms with E-state index in [0.717, 1.165) is 0 Å². The van der Waals surface area contributed by atoms with Gasteiger partial charge in [0.25, 0.3) is 0 Å². The second kappa shape index (κ2) is 3.45. The van der Waals surface area contributed by atoms with Crippen molar-refractivity contribution in [2.24, 2.45) is 11.3 Å². The van der Waals surface area contributed by atoms with Crippen LogP contribution in [0.5, 0.6) is 0 Å². The Morgan fingerprint density at radius 1 is 1.53 bits per heavy atom. The third kappa shape index (κ3) is 1.65. The Kier molecular flexibility index (Phi) is 2.50. The van der Waals surface area contributed by atoms with Gasteiger partial charge in [0.15, 0.2) is 9.84 Å². The number of rotatable bonds is 1. The van der Waals surface area contributed by atoms with Crippen LogP contribution in [-0.4, -0.2) is 46.1 Å². The van der Waals surface area contributed by atoms with Crippen LogP contribution in [0.1, 0.15) is 6.42 Å². The Bertz CT molecular complexity index is 378. The molecule has 0 aromatic heterocycles. The molecule has 0 aromatic carbocycles. The molecular formula is C9H15NO4S. The van der Waals surface area contributed by atoms with Crippen LogP contribution in [-0.2, 0) is 19.4 Å². The molecule has 86 valence electrons. The average Bonchev–Trinajstić information content (AvgIpc) is 2.59. The lowest BCUT2D eigenvalue weighted by atomic mass is 9.76. The van der Waals surface area contributed by atoms with E-state index in [-0.39, 0.29) is 23.4 Å². The predicted octanol–water partition coefficient (Wildman–Crippen LogP) is -0.816. The quantitative estimate of drug-likeness (QED) is 0.599. The van der Waals surface area contributed by atoms with Gasteiger partial charge in [-0.15, -0.1) is 0 Å². The normalized spacial score (nSPS) is 38.3. The van der Waals surface area contributed by atoms with Gasteiger partial charge in [-0.1, -0.05) is 0 Å². The molecule has 2 saturated heterocycles. The lowest BCUT2D eigenvalue weighted by molar-refractivity contribution is -0.154. The molecule has 5 nitrogen and oxygen atoms in total. The fourth-order valence-electron chi connectivity index (χ4n) is 2.59. The number of esters is 1. The zero-order valence-electron chi connectivity index (χ0n) is 8.65. The Morgan fingerprint density at radius 2 is 2.27 bits per heavy atom. The zero-order valence-corrected chi connectivity index (χ0v) is 9.47. The average molecular weight is 233 g/mol. The van der Waals surface area contributed by atoms with E-state index in [1.54, 1.807) is 0 Å². The van der Waals surface area contributed by atoms with E-state index < -0.39 is 15.3 Å². The molecule has 2 heterocycles. The molecule has 2 aliphatic heterocycles. The number of ether oxygens (including phenoxy) is 1. The highest BCUT2D eigenvalue weighted by Crippen LogP contribution is 2.41. The van der Waals surface area contributed by atoms with Crippen LogP contribution < -0.4 is 5.32 Å². The molecule has 0 saturated carbocycles. The highest BCUT2D eigenvalue weighted by molar-refractivity contribution is 7.91. The topological polar surface area (TPSA) is 72.5 Å². The van der Waals surface area contributed by atoms with Gasteiger partial charge in [0.2, 0.25) is 0 Å². The van der Waals surface area contributed by atoms with E-state index in [4.69, 9.17) is 4.74 Å². The van der Waals surface area contributed by atoms with Crippen molar-refractivity contribution < 1.29 is 17.9 Å². The summed E-state index contributed by atoms with van der Waals surface area (Å²) in [6, 6.07) is 0. The number of methoxy groups -OCH3 is 1. The fraction of sp³-hybridized carbons (Fsp3) is 0.889. The minimum absolute atomic E-state index is 0.0975. The second-order valence-electron chi connectivity index (χ2n) is 4.34. The van der Waals surface area contributed by atoms with Gasteiger partial charge in [0, 0.05) is 19.0 Å². The highest BCUT2D eigenvalue weighted by Gasteiger charge is 2.54. The summed E-state index contributed by atoms with van der Waals surface area (Å²) in [6.07, 6.45) is 0.389. The molecule has 0 aromatic rings. The van der Waals surface area contributed by atoms with E-state index in [0.29, 0.717) is 19.5 Å². The molecule has 6 heteroatoms. The van der Waals surface area contributed by atoms with Crippen molar-refractivity contribution in [1.29, 1.82) is 0 Å². The van der Waals surface area contributed by atoms with Crippen LogP contribution in [0.15, 0.2) is 0 Å². The molecular weight excluding hydrogens is 218 g/mol. The molecule has 0 radical (unpaired) electrons. The molecule has 0 unspecified atom stereocenters. The fourth-order valence-corrected chi connectivity index (χ4v) is 4.48. The molecule has 2 atom stereocenters. The van der Waals surface area contributed by atoms with Crippen molar-refractivity contribution in [3.63, 3.8) is 0 Å². The molecule has 2 rings (SSSR count). The van der Waals surface area contributed by atoms with Gasteiger partial charge in [-0.25, -0.2) is 8.42 Å². The second-order valence-corrected chi connectivity index (χ2v) is 6.57. The van der Waals surface area contributed by atoms with Crippen molar-refractivity contribution in [3.8, 4) is 0 Å². The third-order valence-corrected chi connectivity index (χ3v) is 5.26. The predicted molar refractivity (Wildman–Crippen MR) is 54.1 cm³/mol. The number of carbonyl (C=O) groups is 1. The zero-order chi connectivity index (χ0) is 11.1. The summed E-state index contributed by atoms with van der Waals surface area (Å²) < 4.78 is 27.7. The van der Waals surface area contributed by atoms with Gasteiger partial charge in [-0.3, -0.25) is 4.79 Å². The summed E-state index contributed by atoms with van der Waals surface area (Å²) in [4.78, 5) is 11.7. The molecule has 15 heavy (non-hydrogen) atoms. The van der Waals surface area contributed by atoms with Crippen molar-refractivity contribution in [1.82, 2.24) is 5.32 Å². The summed E-state index contributed by atoms with van der Waals surface area (Å²) in [6.45, 7) is 1.13. The summed E-state index contributed by atoms with van der Waals surface area (Å²) in [7, 11) is -1.61. The minimum atomic E-state index is -2.96. The van der Waals surface area contributed by atoms with Crippen LogP contribution >= 0.6 is 0 Å². The summed E-state index contributed by atoms with van der Waals surface area (Å²) in [5.74, 6) is -0.189. The molecule has 0 spiro atoms. The van der Waals surface area contributed by atoms with Crippen molar-refractivity contribution >= 4 is 15.8 Å². The van der Waals surface area contributed by atoms with Crippen molar-refractivity contribution in [2.45, 2.75) is 6.42 Å². The van der Waals surface area contributed by atoms with Crippen LogP contribution in [0.3, 0.4) is 0 Å². The molecule has 0 amide bonds. The number of hydrogen-bond acceptors (Lipinski definition) is 5. The van der Waals surface area contributed by atoms with E-state index >= 15 is 0 Å². The van der Waals surface area contributed by atoms with Crippen LogP contribution in [0, 0.1) is 11.3 Å². The summed E-state index contributed by atoms with van der Waals surface area (Å²) >= 11 is 0. The lowest BCUT2D eigenvalue weighted by Crippen LogP contribution is -2.47. The maximum Gasteiger partial charge on any atom is 0.313 e. The molecule has 2 fully saturated rings. The summed E-state index contributed by atoms with van der Waals surface area (Å²) in [5.41, 5.74) is -0.597. The maximum absolute atomic E-state index is 11.7. The first-order chi connectivity index (χ1) is 7.00. The number of hydrogen-bond donors (Lipinski definition) is 1. The standard InChI is InChI=1S/C9H15NO4S/c1-14-8(11)9-2-3-15(12,13)5-7(9)4-10-6-9/h7,10H,2-6H2,1H3/t7-,9+/m0/s1. The Balaban J connectivity index is 2.29. The Morgan fingerprint density at radius 3 is 2.93 bits per heavy atom. The number of nitrogens with one attached hydrogen (secondary N) is 1.